The van der Waals surface area contributed by atoms with E-state index < -0.39 is 18.1 Å². The van der Waals surface area contributed by atoms with Crippen LogP contribution in [0.2, 0.25) is 0 Å². The number of hydrogen-bond acceptors (Lipinski definition) is 9. The molecule has 0 saturated heterocycles. The Balaban J connectivity index is 0.000000106. The molecule has 0 spiro atoms. The Hall–Kier alpha value is -19.1. The van der Waals surface area contributed by atoms with E-state index in [9.17, 15) is 0 Å². The van der Waals surface area contributed by atoms with E-state index in [-0.39, 0.29) is 17.6 Å². The van der Waals surface area contributed by atoms with Crippen molar-refractivity contribution in [3.8, 4) is 107 Å². The van der Waals surface area contributed by atoms with Gasteiger partial charge < -0.3 is 13.7 Å². The standard InChI is InChI=1S/2C48H29N3S.C42H25N3S/c1-2-13-30(14-3-1)32-15-12-16-33(29-32)45-37-19-6-9-22-40(37)49-48(50-45)31-25-27-34(28-26-31)51-41-23-10-7-20-38(41)43-35-17-4-5-18-36(35)44-39-21-8-11-24-42(39)52-47(44)46(43)51;1-2-12-30(13-3-1)31-22-24-32(25-23-31)45-37-16-6-9-19-40(37)49-48(50-45)33-26-28-34(29-27-33)51-41-20-10-7-17-38(41)43-35-14-4-5-15-36(35)44-39-18-8-11-21-42(39)52-47(44)46(43)51;1-2-12-26(13-3-1)39-31-16-6-9-19-34(31)43-42(44-39)27-22-24-28(25-23-27)45-35-20-10-7-17-32(35)37-29-14-4-5-15-30(29)38-33-18-8-11-21-36(33)46-41(38)40(37)45/h2*1-29H;1-25H/i;;1D,2D,3D,12D,13D. The third kappa shape index (κ3) is 14.1. The summed E-state index contributed by atoms with van der Waals surface area (Å²) < 4.78 is 57.0. The highest BCUT2D eigenvalue weighted by molar-refractivity contribution is 7.28. The van der Waals surface area contributed by atoms with Gasteiger partial charge >= 0.3 is 0 Å². The first-order valence-electron chi connectivity index (χ1n) is 52.8. The first kappa shape index (κ1) is 81.2. The fourth-order valence-electron chi connectivity index (χ4n) is 23.0. The van der Waals surface area contributed by atoms with Crippen LogP contribution in [-0.4, -0.2) is 43.6 Å². The van der Waals surface area contributed by atoms with Gasteiger partial charge in [-0.2, -0.15) is 0 Å². The van der Waals surface area contributed by atoms with Crippen molar-refractivity contribution in [3.63, 3.8) is 0 Å². The minimum Gasteiger partial charge on any atom is -0.308 e. The van der Waals surface area contributed by atoms with Crippen LogP contribution in [0.3, 0.4) is 0 Å². The van der Waals surface area contributed by atoms with Gasteiger partial charge in [-0.15, -0.1) is 34.0 Å². The lowest BCUT2D eigenvalue weighted by molar-refractivity contribution is 1.18. The first-order valence-corrected chi connectivity index (χ1v) is 52.7. The van der Waals surface area contributed by atoms with Gasteiger partial charge in [0.2, 0.25) is 0 Å². The molecule has 9 aromatic heterocycles. The van der Waals surface area contributed by atoms with E-state index in [4.69, 9.17) is 36.8 Å². The van der Waals surface area contributed by atoms with Crippen molar-refractivity contribution in [1.29, 1.82) is 0 Å². The molecule has 0 radical (unpaired) electrons. The lowest BCUT2D eigenvalue weighted by atomic mass is 9.99. The normalized spacial score (nSPS) is 12.3. The zero-order valence-electron chi connectivity index (χ0n) is 85.3. The second-order valence-corrected chi connectivity index (χ2v) is 41.2. The molecule has 32 rings (SSSR count). The highest BCUT2D eigenvalue weighted by Gasteiger charge is 2.29. The number of rotatable bonds is 11. The van der Waals surface area contributed by atoms with Crippen molar-refractivity contribution in [3.05, 3.63) is 503 Å². The summed E-state index contributed by atoms with van der Waals surface area (Å²) in [4.78, 5) is 30.4. The maximum Gasteiger partial charge on any atom is 0.160 e. The number of hydrogen-bond donors (Lipinski definition) is 0. The molecule has 0 aliphatic heterocycles. The molecule has 698 valence electrons. The van der Waals surface area contributed by atoms with Crippen LogP contribution in [0.15, 0.2) is 503 Å². The highest BCUT2D eigenvalue weighted by atomic mass is 32.1. The van der Waals surface area contributed by atoms with Gasteiger partial charge in [-0.25, -0.2) is 29.9 Å². The molecule has 0 atom stereocenters. The van der Waals surface area contributed by atoms with Crippen LogP contribution in [0.4, 0.5) is 0 Å². The number of aromatic nitrogens is 9. The lowest BCUT2D eigenvalue weighted by Crippen LogP contribution is -1.97. The van der Waals surface area contributed by atoms with Gasteiger partial charge in [0.25, 0.3) is 0 Å². The second-order valence-electron chi connectivity index (χ2n) is 38.0. The summed E-state index contributed by atoms with van der Waals surface area (Å²) >= 11 is 5.60. The van der Waals surface area contributed by atoms with E-state index in [2.05, 4.69) is 432 Å². The third-order valence-corrected chi connectivity index (χ3v) is 33.2. The van der Waals surface area contributed by atoms with Crippen molar-refractivity contribution in [2.45, 2.75) is 0 Å². The fraction of sp³-hybridized carbons (Fsp3) is 0. The number of para-hydroxylation sites is 6. The van der Waals surface area contributed by atoms with Crippen LogP contribution in [0.1, 0.15) is 6.85 Å². The lowest BCUT2D eigenvalue weighted by Gasteiger charge is -2.12. The quantitative estimate of drug-likeness (QED) is 0.128. The predicted molar refractivity (Wildman–Crippen MR) is 636 cm³/mol. The van der Waals surface area contributed by atoms with Gasteiger partial charge in [-0.1, -0.05) is 370 Å². The average molecular weight is 1970 g/mol. The molecule has 0 fully saturated rings. The molecule has 0 saturated carbocycles. The molecule has 150 heavy (non-hydrogen) atoms. The van der Waals surface area contributed by atoms with Gasteiger partial charge in [0, 0.05) is 145 Å². The SMILES string of the molecule is [2H]c1c([2H])c([2H])c(-c2nc(-c3ccc(-n4c5ccccc5c5c6ccccc6c6c7ccccc7sc6c54)cc3)nc3ccccc23)c([2H])c1[2H].c1ccc(-c2ccc(-c3nc(-c4ccc(-n5c6ccccc6c6c7ccccc7c7c8ccccc8sc7c65)cc4)nc4ccccc34)cc2)cc1.c1ccc(-c2cccc(-c3nc(-c4ccc(-n5c6ccccc6c6c7ccccc7c7c8ccccc8sc7c65)cc4)nc4ccccc34)c2)cc1. The molecule has 32 aromatic rings. The van der Waals surface area contributed by atoms with E-state index in [1.54, 1.807) is 0 Å². The number of benzene rings is 23. The molecule has 0 N–H and O–H groups in total. The van der Waals surface area contributed by atoms with Gasteiger partial charge in [0.05, 0.1) is 87.7 Å². The maximum absolute atomic E-state index is 8.67. The Morgan fingerprint density at radius 2 is 0.427 bits per heavy atom. The Bertz CT molecular complexity index is 11400. The van der Waals surface area contributed by atoms with Crippen molar-refractivity contribution in [2.24, 2.45) is 0 Å². The Kier molecular flexibility index (Phi) is 19.2. The summed E-state index contributed by atoms with van der Waals surface area (Å²) in [5, 5.41) is 25.7. The average Bonchev–Trinajstić information content (AvgIpc) is 1.55. The second kappa shape index (κ2) is 35.4. The summed E-state index contributed by atoms with van der Waals surface area (Å²) in [5.74, 6) is 1.83. The van der Waals surface area contributed by atoms with Crippen molar-refractivity contribution >= 4 is 225 Å². The molecule has 0 unspecified atom stereocenters. The van der Waals surface area contributed by atoms with E-state index >= 15 is 0 Å². The summed E-state index contributed by atoms with van der Waals surface area (Å²) in [7, 11) is 0. The molecule has 0 aliphatic rings. The Labute approximate surface area is 879 Å². The van der Waals surface area contributed by atoms with Gasteiger partial charge in [-0.3, -0.25) is 0 Å². The maximum atomic E-state index is 8.67. The summed E-state index contributed by atoms with van der Waals surface area (Å²) in [6.07, 6.45) is 0. The van der Waals surface area contributed by atoms with Crippen LogP contribution in [-0.2, 0) is 0 Å². The van der Waals surface area contributed by atoms with E-state index in [0.29, 0.717) is 34.1 Å². The molecule has 9 heterocycles. The van der Waals surface area contributed by atoms with E-state index in [1.807, 2.05) is 88.6 Å². The summed E-state index contributed by atoms with van der Waals surface area (Å²) in [6, 6.07) is 165. The van der Waals surface area contributed by atoms with Crippen LogP contribution in [0, 0.1) is 0 Å². The number of nitrogens with zero attached hydrogens (tertiary/aromatic N) is 9. The molecule has 9 nitrogen and oxygen atoms in total. The van der Waals surface area contributed by atoms with Gasteiger partial charge in [0.15, 0.2) is 17.5 Å². The van der Waals surface area contributed by atoms with Gasteiger partial charge in [0.1, 0.15) is 0 Å². The molecule has 12 heteroatoms. The Morgan fingerprint density at radius 3 is 0.787 bits per heavy atom. The number of thiophene rings is 3. The molecule has 23 aromatic carbocycles. The molecule has 0 bridgehead atoms. The van der Waals surface area contributed by atoms with Crippen molar-refractivity contribution < 1.29 is 6.85 Å². The van der Waals surface area contributed by atoms with E-state index in [1.165, 1.54) is 175 Å². The zero-order valence-corrected chi connectivity index (χ0v) is 82.7. The van der Waals surface area contributed by atoms with Crippen LogP contribution in [0.25, 0.3) is 298 Å². The monoisotopic (exact) mass is 1970 g/mol. The molecular weight excluding hydrogens is 1880 g/mol. The zero-order chi connectivity index (χ0) is 103. The number of fused-ring (bicyclic) bond motifs is 33. The van der Waals surface area contributed by atoms with Gasteiger partial charge in [-0.05, 0) is 188 Å². The summed E-state index contributed by atoms with van der Waals surface area (Å²) in [5.41, 5.74) is 24.7. The smallest absolute Gasteiger partial charge is 0.160 e. The largest absolute Gasteiger partial charge is 0.308 e. The van der Waals surface area contributed by atoms with Crippen molar-refractivity contribution in [2.75, 3.05) is 0 Å². The van der Waals surface area contributed by atoms with Crippen molar-refractivity contribution in [1.82, 2.24) is 43.6 Å². The molecular formula is C138H83N9S3. The third-order valence-electron chi connectivity index (χ3n) is 29.7. The minimum atomic E-state index is -0.436. The summed E-state index contributed by atoms with van der Waals surface area (Å²) in [6.45, 7) is 0. The minimum absolute atomic E-state index is 0.0577. The van der Waals surface area contributed by atoms with Crippen LogP contribution < -0.4 is 0 Å². The van der Waals surface area contributed by atoms with Crippen LogP contribution in [0.5, 0.6) is 0 Å². The first-order chi connectivity index (χ1) is 76.5. The fourth-order valence-corrected chi connectivity index (χ4v) is 26.8. The van der Waals surface area contributed by atoms with Crippen LogP contribution >= 0.6 is 34.0 Å². The van der Waals surface area contributed by atoms with E-state index in [0.717, 1.165) is 83.6 Å². The molecule has 0 aliphatic carbocycles. The topological polar surface area (TPSA) is 92.1 Å². The highest BCUT2D eigenvalue weighted by Crippen LogP contribution is 2.54. The molecule has 0 amide bonds. The predicted octanol–water partition coefficient (Wildman–Crippen LogP) is 38.1. The Morgan fingerprint density at radius 1 is 0.173 bits per heavy atom.